The van der Waals surface area contributed by atoms with Gasteiger partial charge in [0.05, 0.1) is 11.6 Å². The second kappa shape index (κ2) is 4.77. The van der Waals surface area contributed by atoms with Crippen molar-refractivity contribution in [1.82, 2.24) is 0 Å². The number of rotatable bonds is 2. The van der Waals surface area contributed by atoms with Crippen molar-refractivity contribution in [3.8, 4) is 11.8 Å². The van der Waals surface area contributed by atoms with Crippen molar-refractivity contribution < 1.29 is 9.53 Å². The fourth-order valence-corrected chi connectivity index (χ4v) is 0.888. The van der Waals surface area contributed by atoms with Gasteiger partial charge in [0, 0.05) is 0 Å². The summed E-state index contributed by atoms with van der Waals surface area (Å²) in [4.78, 5) is 10.8. The lowest BCUT2D eigenvalue weighted by atomic mass is 10.2. The van der Waals surface area contributed by atoms with Gasteiger partial charge in [-0.15, -0.1) is 0 Å². The van der Waals surface area contributed by atoms with E-state index in [4.69, 9.17) is 10.00 Å². The van der Waals surface area contributed by atoms with Crippen LogP contribution in [0.5, 0.6) is 5.75 Å². The molecule has 0 radical (unpaired) electrons. The van der Waals surface area contributed by atoms with E-state index in [1.165, 1.54) is 0 Å². The minimum Gasteiger partial charge on any atom is -0.426 e. The standard InChI is InChI=1S/C10H8BrNO2/c1-7(11)10(13)14-9-4-2-8(6-12)3-5-9/h2-5,7H,1H3. The Balaban J connectivity index is 2.70. The van der Waals surface area contributed by atoms with Gasteiger partial charge in [-0.25, -0.2) is 0 Å². The number of carbonyl (C=O) groups is 1. The second-order valence-electron chi connectivity index (χ2n) is 2.67. The zero-order chi connectivity index (χ0) is 10.6. The van der Waals surface area contributed by atoms with E-state index in [1.54, 1.807) is 31.2 Å². The molecule has 0 aliphatic rings. The Kier molecular flexibility index (Phi) is 3.66. The van der Waals surface area contributed by atoms with E-state index in [9.17, 15) is 4.79 Å². The van der Waals surface area contributed by atoms with Crippen LogP contribution >= 0.6 is 15.9 Å². The summed E-state index contributed by atoms with van der Waals surface area (Å²) in [5.74, 6) is 0.0926. The third kappa shape index (κ3) is 2.86. The number of halogens is 1. The normalized spacial score (nSPS) is 11.5. The van der Waals surface area contributed by atoms with Crippen LogP contribution in [0.25, 0.3) is 0 Å². The molecular weight excluding hydrogens is 246 g/mol. The SMILES string of the molecule is CC(Br)C(=O)Oc1ccc(C#N)cc1. The lowest BCUT2D eigenvalue weighted by Crippen LogP contribution is -2.16. The second-order valence-corrected chi connectivity index (χ2v) is 4.05. The van der Waals surface area contributed by atoms with Gasteiger partial charge < -0.3 is 4.74 Å². The van der Waals surface area contributed by atoms with E-state index in [2.05, 4.69) is 15.9 Å². The molecule has 0 bridgehead atoms. The molecule has 0 amide bonds. The number of hydrogen-bond acceptors (Lipinski definition) is 3. The molecular formula is C10H8BrNO2. The first kappa shape index (κ1) is 10.7. The highest BCUT2D eigenvalue weighted by molar-refractivity contribution is 9.10. The molecule has 14 heavy (non-hydrogen) atoms. The van der Waals surface area contributed by atoms with Crippen molar-refractivity contribution in [2.45, 2.75) is 11.8 Å². The quantitative estimate of drug-likeness (QED) is 0.462. The average Bonchev–Trinajstić information content (AvgIpc) is 2.19. The third-order valence-electron chi connectivity index (χ3n) is 1.53. The highest BCUT2D eigenvalue weighted by Gasteiger charge is 2.10. The van der Waals surface area contributed by atoms with Gasteiger partial charge in [0.1, 0.15) is 10.6 Å². The molecule has 0 N–H and O–H groups in total. The van der Waals surface area contributed by atoms with Crippen LogP contribution in [0.4, 0.5) is 0 Å². The molecule has 0 spiro atoms. The molecule has 1 aromatic rings. The van der Waals surface area contributed by atoms with Crippen LogP contribution in [0, 0.1) is 11.3 Å². The van der Waals surface area contributed by atoms with Crippen molar-refractivity contribution in [3.05, 3.63) is 29.8 Å². The van der Waals surface area contributed by atoms with Crippen molar-refractivity contribution in [1.29, 1.82) is 5.26 Å². The number of nitriles is 1. The van der Waals surface area contributed by atoms with Crippen molar-refractivity contribution >= 4 is 21.9 Å². The molecule has 0 saturated heterocycles. The number of alkyl halides is 1. The predicted molar refractivity (Wildman–Crippen MR) is 55.2 cm³/mol. The molecule has 4 heteroatoms. The van der Waals surface area contributed by atoms with Crippen molar-refractivity contribution in [2.24, 2.45) is 0 Å². The minimum absolute atomic E-state index is 0.335. The average molecular weight is 254 g/mol. The Morgan fingerprint density at radius 1 is 1.50 bits per heavy atom. The summed E-state index contributed by atoms with van der Waals surface area (Å²) in [5, 5.41) is 8.53. The van der Waals surface area contributed by atoms with E-state index in [-0.39, 0.29) is 10.8 Å². The van der Waals surface area contributed by atoms with Gasteiger partial charge >= 0.3 is 5.97 Å². The maximum Gasteiger partial charge on any atom is 0.324 e. The molecule has 0 fully saturated rings. The van der Waals surface area contributed by atoms with Crippen LogP contribution in [0.3, 0.4) is 0 Å². The lowest BCUT2D eigenvalue weighted by Gasteiger charge is -2.04. The van der Waals surface area contributed by atoms with Gasteiger partial charge in [0.25, 0.3) is 0 Å². The number of nitrogens with zero attached hydrogens (tertiary/aromatic N) is 1. The highest BCUT2D eigenvalue weighted by atomic mass is 79.9. The van der Waals surface area contributed by atoms with Crippen LogP contribution in [0.2, 0.25) is 0 Å². The van der Waals surface area contributed by atoms with Gasteiger partial charge in [-0.3, -0.25) is 4.79 Å². The van der Waals surface area contributed by atoms with E-state index >= 15 is 0 Å². The molecule has 72 valence electrons. The molecule has 0 aliphatic carbocycles. The topological polar surface area (TPSA) is 50.1 Å². The first-order valence-electron chi connectivity index (χ1n) is 3.99. The maximum absolute atomic E-state index is 11.1. The van der Waals surface area contributed by atoms with Crippen molar-refractivity contribution in [3.63, 3.8) is 0 Å². The van der Waals surface area contributed by atoms with Crippen LogP contribution in [-0.4, -0.2) is 10.8 Å². The molecule has 3 nitrogen and oxygen atoms in total. The molecule has 1 aromatic carbocycles. The Morgan fingerprint density at radius 2 is 2.07 bits per heavy atom. The summed E-state index contributed by atoms with van der Waals surface area (Å²) in [6, 6.07) is 8.36. The smallest absolute Gasteiger partial charge is 0.324 e. The maximum atomic E-state index is 11.1. The van der Waals surface area contributed by atoms with E-state index < -0.39 is 0 Å². The zero-order valence-electron chi connectivity index (χ0n) is 7.53. The Hall–Kier alpha value is -1.34. The number of esters is 1. The zero-order valence-corrected chi connectivity index (χ0v) is 9.11. The predicted octanol–water partition coefficient (Wildman–Crippen LogP) is 2.25. The van der Waals surface area contributed by atoms with Crippen LogP contribution in [0.1, 0.15) is 12.5 Å². The summed E-state index contributed by atoms with van der Waals surface area (Å²) in [6.45, 7) is 1.69. The summed E-state index contributed by atoms with van der Waals surface area (Å²) in [5.41, 5.74) is 0.539. The largest absolute Gasteiger partial charge is 0.426 e. The van der Waals surface area contributed by atoms with Crippen molar-refractivity contribution in [2.75, 3.05) is 0 Å². The van der Waals surface area contributed by atoms with Gasteiger partial charge in [0.2, 0.25) is 0 Å². The van der Waals surface area contributed by atoms with Gasteiger partial charge in [-0.05, 0) is 31.2 Å². The van der Waals surface area contributed by atoms with Crippen LogP contribution < -0.4 is 4.74 Å². The van der Waals surface area contributed by atoms with E-state index in [0.717, 1.165) is 0 Å². The fourth-order valence-electron chi connectivity index (χ4n) is 0.795. The molecule has 1 rings (SSSR count). The summed E-state index contributed by atoms with van der Waals surface area (Å²) in [6.07, 6.45) is 0. The first-order valence-corrected chi connectivity index (χ1v) is 4.91. The van der Waals surface area contributed by atoms with Crippen LogP contribution in [-0.2, 0) is 4.79 Å². The van der Waals surface area contributed by atoms with Gasteiger partial charge in [0.15, 0.2) is 0 Å². The Bertz CT molecular complexity index is 365. The fraction of sp³-hybridized carbons (Fsp3) is 0.200. The molecule has 0 aromatic heterocycles. The lowest BCUT2D eigenvalue weighted by molar-refractivity contribution is -0.133. The summed E-state index contributed by atoms with van der Waals surface area (Å²) >= 11 is 3.10. The van der Waals surface area contributed by atoms with Gasteiger partial charge in [-0.2, -0.15) is 5.26 Å². The summed E-state index contributed by atoms with van der Waals surface area (Å²) < 4.78 is 4.98. The van der Waals surface area contributed by atoms with Gasteiger partial charge in [-0.1, -0.05) is 15.9 Å². The van der Waals surface area contributed by atoms with Crippen LogP contribution in [0.15, 0.2) is 24.3 Å². The minimum atomic E-state index is -0.352. The first-order chi connectivity index (χ1) is 6.63. The summed E-state index contributed by atoms with van der Waals surface area (Å²) in [7, 11) is 0. The number of ether oxygens (including phenoxy) is 1. The highest BCUT2D eigenvalue weighted by Crippen LogP contribution is 2.13. The Morgan fingerprint density at radius 3 is 2.50 bits per heavy atom. The van der Waals surface area contributed by atoms with E-state index in [1.807, 2.05) is 6.07 Å². The molecule has 0 saturated carbocycles. The third-order valence-corrected chi connectivity index (χ3v) is 1.90. The molecule has 0 heterocycles. The number of hydrogen-bond donors (Lipinski definition) is 0. The molecule has 1 atom stereocenters. The molecule has 1 unspecified atom stereocenters. The van der Waals surface area contributed by atoms with E-state index in [0.29, 0.717) is 11.3 Å². The monoisotopic (exact) mass is 253 g/mol. The number of carbonyl (C=O) groups excluding carboxylic acids is 1. The Labute approximate surface area is 90.4 Å². The molecule has 0 aliphatic heterocycles. The number of benzene rings is 1.